The number of aromatic nitrogens is 1. The van der Waals surface area contributed by atoms with Gasteiger partial charge in [0.15, 0.2) is 0 Å². The summed E-state index contributed by atoms with van der Waals surface area (Å²) in [5.41, 5.74) is 2.05. The van der Waals surface area contributed by atoms with Gasteiger partial charge in [0, 0.05) is 31.3 Å². The molecule has 0 saturated carbocycles. The molecule has 28 heavy (non-hydrogen) atoms. The Labute approximate surface area is 163 Å². The molecule has 3 heterocycles. The van der Waals surface area contributed by atoms with Crippen LogP contribution in [0.4, 0.5) is 0 Å². The molecule has 0 spiro atoms. The Bertz CT molecular complexity index is 990. The van der Waals surface area contributed by atoms with Crippen LogP contribution in [0.5, 0.6) is 0 Å². The lowest BCUT2D eigenvalue weighted by atomic mass is 10.1. The molecule has 0 bridgehead atoms. The second-order valence-corrected chi connectivity index (χ2v) is 7.17. The lowest BCUT2D eigenvalue weighted by Gasteiger charge is -2.34. The molecule has 0 radical (unpaired) electrons. The summed E-state index contributed by atoms with van der Waals surface area (Å²) in [6.45, 7) is 4.10. The van der Waals surface area contributed by atoms with Gasteiger partial charge in [-0.1, -0.05) is 12.1 Å². The third-order valence-corrected chi connectivity index (χ3v) is 5.08. The molecule has 1 aliphatic heterocycles. The molecule has 1 aliphatic rings. The number of benzene rings is 1. The Kier molecular flexibility index (Phi) is 5.16. The van der Waals surface area contributed by atoms with Gasteiger partial charge in [-0.05, 0) is 42.1 Å². The van der Waals surface area contributed by atoms with E-state index in [1.807, 2.05) is 54.4 Å². The Morgan fingerprint density at radius 2 is 2.18 bits per heavy atom. The highest BCUT2D eigenvalue weighted by Gasteiger charge is 2.32. The van der Waals surface area contributed by atoms with Crippen LogP contribution >= 0.6 is 0 Å². The predicted molar refractivity (Wildman–Crippen MR) is 105 cm³/mol. The summed E-state index contributed by atoms with van der Waals surface area (Å²) in [5, 5.41) is 6.92. The monoisotopic (exact) mass is 380 g/mol. The second kappa shape index (κ2) is 7.90. The van der Waals surface area contributed by atoms with Gasteiger partial charge in [-0.15, -0.1) is 0 Å². The van der Waals surface area contributed by atoms with Crippen molar-refractivity contribution in [2.24, 2.45) is 0 Å². The minimum Gasteiger partial charge on any atom is -0.465 e. The Morgan fingerprint density at radius 3 is 3.00 bits per heavy atom. The fourth-order valence-corrected chi connectivity index (χ4v) is 3.60. The summed E-state index contributed by atoms with van der Waals surface area (Å²) >= 11 is 0. The lowest BCUT2D eigenvalue weighted by Crippen LogP contribution is -2.56. The summed E-state index contributed by atoms with van der Waals surface area (Å²) in [7, 11) is 0. The third kappa shape index (κ3) is 4.09. The number of carbonyl (C=O) groups excluding carboxylic acids is 2. The third-order valence-electron chi connectivity index (χ3n) is 5.08. The molecule has 1 unspecified atom stereocenters. The van der Waals surface area contributed by atoms with E-state index in [0.717, 1.165) is 28.0 Å². The number of hydrogen-bond donors (Lipinski definition) is 3. The van der Waals surface area contributed by atoms with Crippen LogP contribution in [0.25, 0.3) is 10.9 Å². The average molecular weight is 380 g/mol. The van der Waals surface area contributed by atoms with E-state index in [-0.39, 0.29) is 18.2 Å². The van der Waals surface area contributed by atoms with E-state index in [0.29, 0.717) is 26.2 Å². The van der Waals surface area contributed by atoms with Crippen molar-refractivity contribution in [3.63, 3.8) is 0 Å². The van der Waals surface area contributed by atoms with Gasteiger partial charge in [-0.3, -0.25) is 14.5 Å². The molecule has 2 aromatic heterocycles. The van der Waals surface area contributed by atoms with Gasteiger partial charge in [0.05, 0.1) is 19.0 Å². The number of rotatable bonds is 6. The minimum atomic E-state index is -0.495. The highest BCUT2D eigenvalue weighted by molar-refractivity contribution is 5.89. The second-order valence-electron chi connectivity index (χ2n) is 7.17. The topological polar surface area (TPSA) is 90.4 Å². The molecule has 4 rings (SSSR count). The van der Waals surface area contributed by atoms with Crippen LogP contribution in [0.15, 0.2) is 47.0 Å². The number of H-pyrrole nitrogens is 1. The van der Waals surface area contributed by atoms with E-state index in [1.165, 1.54) is 0 Å². The predicted octanol–water partition coefficient (Wildman–Crippen LogP) is 2.08. The van der Waals surface area contributed by atoms with Crippen LogP contribution < -0.4 is 10.6 Å². The van der Waals surface area contributed by atoms with E-state index in [2.05, 4.69) is 15.6 Å². The van der Waals surface area contributed by atoms with Crippen LogP contribution in [-0.2, 0) is 22.7 Å². The van der Waals surface area contributed by atoms with Gasteiger partial charge in [-0.25, -0.2) is 0 Å². The van der Waals surface area contributed by atoms with Crippen molar-refractivity contribution in [3.8, 4) is 0 Å². The van der Waals surface area contributed by atoms with E-state index < -0.39 is 6.04 Å². The maximum Gasteiger partial charge on any atom is 0.237 e. The van der Waals surface area contributed by atoms with Crippen molar-refractivity contribution in [1.29, 1.82) is 0 Å². The van der Waals surface area contributed by atoms with E-state index >= 15 is 0 Å². The van der Waals surface area contributed by atoms with Crippen LogP contribution in [0.1, 0.15) is 23.5 Å². The zero-order valence-electron chi connectivity index (χ0n) is 15.8. The van der Waals surface area contributed by atoms with Crippen LogP contribution in [0, 0.1) is 6.92 Å². The molecule has 0 aliphatic carbocycles. The van der Waals surface area contributed by atoms with Gasteiger partial charge in [0.2, 0.25) is 11.8 Å². The zero-order valence-corrected chi connectivity index (χ0v) is 15.8. The van der Waals surface area contributed by atoms with E-state index in [9.17, 15) is 9.59 Å². The number of piperazine rings is 1. The quantitative estimate of drug-likeness (QED) is 0.611. The summed E-state index contributed by atoms with van der Waals surface area (Å²) in [6, 6.07) is 11.4. The van der Waals surface area contributed by atoms with Gasteiger partial charge in [0.1, 0.15) is 11.5 Å². The Hall–Kier alpha value is -3.06. The number of nitrogens with one attached hydrogen (secondary N) is 3. The maximum absolute atomic E-state index is 12.5. The molecule has 2 amide bonds. The van der Waals surface area contributed by atoms with Crippen LogP contribution in [0.2, 0.25) is 0 Å². The first-order chi connectivity index (χ1) is 13.6. The molecule has 7 heteroatoms. The largest absolute Gasteiger partial charge is 0.465 e. The first-order valence-electron chi connectivity index (χ1n) is 9.48. The van der Waals surface area contributed by atoms with Crippen LogP contribution in [-0.4, -0.2) is 40.8 Å². The Morgan fingerprint density at radius 1 is 1.29 bits per heavy atom. The molecular formula is C21H24N4O3. The van der Waals surface area contributed by atoms with E-state index in [4.69, 9.17) is 4.42 Å². The van der Waals surface area contributed by atoms with Crippen molar-refractivity contribution in [3.05, 3.63) is 59.7 Å². The normalized spacial score (nSPS) is 17.6. The summed E-state index contributed by atoms with van der Waals surface area (Å²) in [6.07, 6.45) is 2.01. The number of furan rings is 1. The molecule has 7 nitrogen and oxygen atoms in total. The number of aryl methyl sites for hydroxylation is 1. The first kappa shape index (κ1) is 18.3. The van der Waals surface area contributed by atoms with Gasteiger partial charge in [0.25, 0.3) is 0 Å². The summed E-state index contributed by atoms with van der Waals surface area (Å²) < 4.78 is 5.63. The molecule has 3 aromatic rings. The van der Waals surface area contributed by atoms with Gasteiger partial charge < -0.3 is 20.0 Å². The fourth-order valence-electron chi connectivity index (χ4n) is 3.60. The van der Waals surface area contributed by atoms with Crippen LogP contribution in [0.3, 0.4) is 0 Å². The highest BCUT2D eigenvalue weighted by Crippen LogP contribution is 2.17. The van der Waals surface area contributed by atoms with E-state index in [1.54, 1.807) is 0 Å². The van der Waals surface area contributed by atoms with Crippen molar-refractivity contribution in [1.82, 2.24) is 20.5 Å². The summed E-state index contributed by atoms with van der Waals surface area (Å²) in [4.78, 5) is 30.0. The molecule has 3 N–H and O–H groups in total. The average Bonchev–Trinajstić information content (AvgIpc) is 3.31. The number of aromatic amines is 1. The number of nitrogens with zero attached hydrogens (tertiary/aromatic N) is 1. The summed E-state index contributed by atoms with van der Waals surface area (Å²) in [5.74, 6) is 1.38. The van der Waals surface area contributed by atoms with Crippen molar-refractivity contribution < 1.29 is 14.0 Å². The van der Waals surface area contributed by atoms with Crippen molar-refractivity contribution in [2.75, 3.05) is 13.1 Å². The Balaban J connectivity index is 1.36. The maximum atomic E-state index is 12.5. The molecular weight excluding hydrogens is 356 g/mol. The number of hydrogen-bond acceptors (Lipinski definition) is 4. The first-order valence-corrected chi connectivity index (χ1v) is 9.48. The number of carbonyl (C=O) groups is 2. The van der Waals surface area contributed by atoms with Crippen molar-refractivity contribution in [2.45, 2.75) is 32.5 Å². The van der Waals surface area contributed by atoms with Gasteiger partial charge >= 0.3 is 0 Å². The number of amides is 2. The van der Waals surface area contributed by atoms with Crippen molar-refractivity contribution >= 4 is 22.7 Å². The highest BCUT2D eigenvalue weighted by atomic mass is 16.3. The lowest BCUT2D eigenvalue weighted by molar-refractivity contribution is -0.134. The minimum absolute atomic E-state index is 0.113. The molecule has 1 fully saturated rings. The fraction of sp³-hybridized carbons (Fsp3) is 0.333. The molecule has 146 valence electrons. The van der Waals surface area contributed by atoms with Gasteiger partial charge in [-0.2, -0.15) is 0 Å². The zero-order chi connectivity index (χ0) is 19.5. The SMILES string of the molecule is Cc1ccc(CN2CCNC(=O)C2CC(=O)NCc2ccc3cc[nH]c3c2)o1. The standard InChI is InChI=1S/C21H24N4O3/c1-14-2-5-17(28-14)13-25-9-8-23-21(27)19(25)11-20(26)24-12-15-3-4-16-6-7-22-18(16)10-15/h2-7,10,19,22H,8-9,11-13H2,1H3,(H,23,27)(H,24,26). The molecule has 1 saturated heterocycles. The molecule has 1 aromatic carbocycles. The molecule has 1 atom stereocenters. The number of fused-ring (bicyclic) bond motifs is 1. The smallest absolute Gasteiger partial charge is 0.237 e.